The summed E-state index contributed by atoms with van der Waals surface area (Å²) < 4.78 is 1.80. The van der Waals surface area contributed by atoms with Gasteiger partial charge in [0.1, 0.15) is 5.52 Å². The first-order valence-electron chi connectivity index (χ1n) is 7.45. The molecule has 0 aliphatic carbocycles. The monoisotopic (exact) mass is 318 g/mol. The van der Waals surface area contributed by atoms with Crippen LogP contribution in [0.1, 0.15) is 15.9 Å². The zero-order valence-corrected chi connectivity index (χ0v) is 12.9. The summed E-state index contributed by atoms with van der Waals surface area (Å²) in [4.78, 5) is 20.3. The number of benzene rings is 1. The Morgan fingerprint density at radius 3 is 2.71 bits per heavy atom. The molecule has 3 heterocycles. The van der Waals surface area contributed by atoms with Crippen LogP contribution in [0.15, 0.2) is 55.0 Å². The normalized spacial score (nSPS) is 11.0. The molecule has 0 bridgehead atoms. The van der Waals surface area contributed by atoms with Crippen LogP contribution in [0.2, 0.25) is 0 Å². The van der Waals surface area contributed by atoms with Crippen LogP contribution in [0.4, 0.5) is 11.5 Å². The van der Waals surface area contributed by atoms with E-state index in [0.717, 1.165) is 22.3 Å². The number of aromatic carboxylic acids is 1. The largest absolute Gasteiger partial charge is 0.478 e. The summed E-state index contributed by atoms with van der Waals surface area (Å²) >= 11 is 0. The number of hydrogen-bond acceptors (Lipinski definition) is 4. The standard InChI is InChI=1S/C18H14N4O2/c1-11-2-4-12(5-3-11)20-17-16-13(18(23)24)7-9-22(16)15-10-19-8-6-14(15)21-17/h2-10H,1H3,(H,20,21)(H,23,24). The van der Waals surface area contributed by atoms with E-state index < -0.39 is 5.97 Å². The maximum atomic E-state index is 11.6. The fraction of sp³-hybridized carbons (Fsp3) is 0.0556. The highest BCUT2D eigenvalue weighted by atomic mass is 16.4. The van der Waals surface area contributed by atoms with Crippen LogP contribution in [0.5, 0.6) is 0 Å². The van der Waals surface area contributed by atoms with E-state index in [0.29, 0.717) is 11.3 Å². The lowest BCUT2D eigenvalue weighted by Gasteiger charge is -2.11. The quantitative estimate of drug-likeness (QED) is 0.603. The van der Waals surface area contributed by atoms with Crippen LogP contribution >= 0.6 is 0 Å². The van der Waals surface area contributed by atoms with Gasteiger partial charge in [-0.3, -0.25) is 4.98 Å². The Balaban J connectivity index is 1.98. The number of aryl methyl sites for hydroxylation is 1. The zero-order valence-electron chi connectivity index (χ0n) is 12.9. The Bertz CT molecular complexity index is 1070. The van der Waals surface area contributed by atoms with E-state index in [4.69, 9.17) is 0 Å². The fourth-order valence-electron chi connectivity index (χ4n) is 2.74. The Morgan fingerprint density at radius 2 is 1.96 bits per heavy atom. The van der Waals surface area contributed by atoms with Crippen molar-refractivity contribution in [3.63, 3.8) is 0 Å². The predicted molar refractivity (Wildman–Crippen MR) is 91.9 cm³/mol. The summed E-state index contributed by atoms with van der Waals surface area (Å²) in [5, 5.41) is 12.7. The minimum absolute atomic E-state index is 0.197. The summed E-state index contributed by atoms with van der Waals surface area (Å²) in [5.41, 5.74) is 4.21. The number of carboxylic acid groups (broad SMARTS) is 1. The summed E-state index contributed by atoms with van der Waals surface area (Å²) in [7, 11) is 0. The molecule has 0 saturated carbocycles. The van der Waals surface area contributed by atoms with Gasteiger partial charge in [-0.1, -0.05) is 17.7 Å². The van der Waals surface area contributed by atoms with Crippen LogP contribution in [-0.4, -0.2) is 25.4 Å². The third-order valence-corrected chi connectivity index (χ3v) is 3.92. The second kappa shape index (κ2) is 5.34. The van der Waals surface area contributed by atoms with Crippen molar-refractivity contribution < 1.29 is 9.90 Å². The highest BCUT2D eigenvalue weighted by Crippen LogP contribution is 2.28. The molecule has 0 amide bonds. The van der Waals surface area contributed by atoms with Crippen molar-refractivity contribution in [2.75, 3.05) is 5.32 Å². The Labute approximate surface area is 137 Å². The van der Waals surface area contributed by atoms with Gasteiger partial charge < -0.3 is 14.8 Å². The molecule has 0 unspecified atom stereocenters. The van der Waals surface area contributed by atoms with Crippen molar-refractivity contribution >= 4 is 34.0 Å². The van der Waals surface area contributed by atoms with Crippen LogP contribution < -0.4 is 5.32 Å². The molecule has 3 aromatic heterocycles. The number of nitrogens with zero attached hydrogens (tertiary/aromatic N) is 3. The number of hydrogen-bond donors (Lipinski definition) is 2. The van der Waals surface area contributed by atoms with Gasteiger partial charge in [0.15, 0.2) is 5.82 Å². The lowest BCUT2D eigenvalue weighted by molar-refractivity contribution is 0.0699. The number of pyridine rings is 1. The molecule has 0 aliphatic rings. The number of carbonyl (C=O) groups is 1. The predicted octanol–water partition coefficient (Wildman–Crippen LogP) is 3.63. The van der Waals surface area contributed by atoms with Crippen molar-refractivity contribution in [1.82, 2.24) is 14.4 Å². The van der Waals surface area contributed by atoms with E-state index in [1.807, 2.05) is 31.2 Å². The van der Waals surface area contributed by atoms with Crippen LogP contribution in [0, 0.1) is 6.92 Å². The van der Waals surface area contributed by atoms with Crippen molar-refractivity contribution in [3.8, 4) is 0 Å². The summed E-state index contributed by atoms with van der Waals surface area (Å²) in [5.74, 6) is -0.491. The SMILES string of the molecule is Cc1ccc(Nc2nc3ccncc3n3ccc(C(=O)O)c23)cc1. The Kier molecular flexibility index (Phi) is 3.16. The van der Waals surface area contributed by atoms with Gasteiger partial charge in [0.25, 0.3) is 0 Å². The van der Waals surface area contributed by atoms with Crippen molar-refractivity contribution in [2.45, 2.75) is 6.92 Å². The molecule has 118 valence electrons. The molecular weight excluding hydrogens is 304 g/mol. The maximum absolute atomic E-state index is 11.6. The average molecular weight is 318 g/mol. The topological polar surface area (TPSA) is 79.5 Å². The van der Waals surface area contributed by atoms with Crippen molar-refractivity contribution in [1.29, 1.82) is 0 Å². The minimum Gasteiger partial charge on any atom is -0.478 e. The zero-order chi connectivity index (χ0) is 16.7. The molecule has 0 atom stereocenters. The number of fused-ring (bicyclic) bond motifs is 3. The van der Waals surface area contributed by atoms with Gasteiger partial charge in [-0.2, -0.15) is 0 Å². The van der Waals surface area contributed by atoms with Crippen LogP contribution in [0.3, 0.4) is 0 Å². The molecule has 6 heteroatoms. The van der Waals surface area contributed by atoms with Gasteiger partial charge in [0, 0.05) is 18.1 Å². The molecule has 2 N–H and O–H groups in total. The number of anilines is 2. The van der Waals surface area contributed by atoms with Gasteiger partial charge in [-0.05, 0) is 31.2 Å². The third-order valence-electron chi connectivity index (χ3n) is 3.92. The fourth-order valence-corrected chi connectivity index (χ4v) is 2.74. The average Bonchev–Trinajstić information content (AvgIpc) is 3.03. The van der Waals surface area contributed by atoms with Crippen molar-refractivity contribution in [2.24, 2.45) is 0 Å². The first-order chi connectivity index (χ1) is 11.6. The van der Waals surface area contributed by atoms with Gasteiger partial charge in [0.05, 0.1) is 22.8 Å². The number of aromatic nitrogens is 3. The summed E-state index contributed by atoms with van der Waals surface area (Å²) in [6, 6.07) is 11.2. The third kappa shape index (κ3) is 2.25. The second-order valence-corrected chi connectivity index (χ2v) is 5.57. The van der Waals surface area contributed by atoms with Crippen molar-refractivity contribution in [3.05, 3.63) is 66.1 Å². The molecule has 0 radical (unpaired) electrons. The molecule has 24 heavy (non-hydrogen) atoms. The summed E-state index contributed by atoms with van der Waals surface area (Å²) in [6.07, 6.45) is 5.07. The molecule has 0 spiro atoms. The smallest absolute Gasteiger partial charge is 0.338 e. The maximum Gasteiger partial charge on any atom is 0.338 e. The number of rotatable bonds is 3. The highest BCUT2D eigenvalue weighted by molar-refractivity contribution is 6.02. The van der Waals surface area contributed by atoms with E-state index >= 15 is 0 Å². The second-order valence-electron chi connectivity index (χ2n) is 5.57. The van der Waals surface area contributed by atoms with Gasteiger partial charge >= 0.3 is 5.97 Å². The molecule has 0 fully saturated rings. The lowest BCUT2D eigenvalue weighted by Crippen LogP contribution is -2.03. The van der Waals surface area contributed by atoms with E-state index in [1.54, 1.807) is 35.1 Å². The molecular formula is C18H14N4O2. The number of carboxylic acids is 1. The molecule has 0 aliphatic heterocycles. The van der Waals surface area contributed by atoms with Gasteiger partial charge in [0.2, 0.25) is 0 Å². The first-order valence-corrected chi connectivity index (χ1v) is 7.45. The molecule has 4 aromatic rings. The summed E-state index contributed by atoms with van der Waals surface area (Å²) in [6.45, 7) is 2.01. The van der Waals surface area contributed by atoms with E-state index in [9.17, 15) is 9.90 Å². The van der Waals surface area contributed by atoms with Gasteiger partial charge in [-0.25, -0.2) is 9.78 Å². The minimum atomic E-state index is -0.991. The van der Waals surface area contributed by atoms with Crippen LogP contribution in [0.25, 0.3) is 16.6 Å². The van der Waals surface area contributed by atoms with Gasteiger partial charge in [-0.15, -0.1) is 0 Å². The molecule has 6 nitrogen and oxygen atoms in total. The van der Waals surface area contributed by atoms with Crippen LogP contribution in [-0.2, 0) is 0 Å². The first kappa shape index (κ1) is 14.2. The Hall–Kier alpha value is -3.41. The van der Waals surface area contributed by atoms with E-state index in [2.05, 4.69) is 15.3 Å². The molecule has 0 saturated heterocycles. The van der Waals surface area contributed by atoms with E-state index in [1.165, 1.54) is 0 Å². The molecule has 4 rings (SSSR count). The molecule has 1 aromatic carbocycles. The lowest BCUT2D eigenvalue weighted by atomic mass is 10.2. The highest BCUT2D eigenvalue weighted by Gasteiger charge is 2.17. The number of nitrogens with one attached hydrogen (secondary N) is 1. The van der Waals surface area contributed by atoms with E-state index in [-0.39, 0.29) is 5.56 Å². The Morgan fingerprint density at radius 1 is 1.17 bits per heavy atom.